The fourth-order valence-corrected chi connectivity index (χ4v) is 7.52. The van der Waals surface area contributed by atoms with Crippen molar-refractivity contribution in [3.63, 3.8) is 0 Å². The highest BCUT2D eigenvalue weighted by Gasteiger charge is 2.49. The number of rotatable bonds is 5. The smallest absolute Gasteiger partial charge is 0.289 e. The Bertz CT molecular complexity index is 1240. The molecular formula is C23H25N3O7S. The van der Waals surface area contributed by atoms with Crippen LogP contribution in [-0.2, 0) is 24.3 Å². The van der Waals surface area contributed by atoms with E-state index >= 15 is 0 Å². The van der Waals surface area contributed by atoms with Crippen molar-refractivity contribution in [2.75, 3.05) is 20.2 Å². The molecule has 0 N–H and O–H groups in total. The molecule has 3 aliphatic heterocycles. The molecule has 2 unspecified atom stereocenters. The van der Waals surface area contributed by atoms with Crippen molar-refractivity contribution in [3.8, 4) is 0 Å². The van der Waals surface area contributed by atoms with Crippen molar-refractivity contribution in [1.82, 2.24) is 9.21 Å². The van der Waals surface area contributed by atoms with E-state index < -0.39 is 38.7 Å². The van der Waals surface area contributed by atoms with Crippen LogP contribution in [0.5, 0.6) is 0 Å². The SMILES string of the molecule is CN1C(=O)C2CC=C(C3=CCO[C@@H]3[C@H]3CCCN3S(=O)(=O)c3ccccc3[N+](=O)[O-])CC2C1=O. The molecule has 1 aromatic carbocycles. The second kappa shape index (κ2) is 8.40. The number of hydrogen-bond donors (Lipinski definition) is 0. The Kier molecular flexibility index (Phi) is 5.65. The molecule has 5 rings (SSSR count). The normalized spacial score (nSPS) is 29.9. The summed E-state index contributed by atoms with van der Waals surface area (Å²) < 4.78 is 34.3. The lowest BCUT2D eigenvalue weighted by molar-refractivity contribution is -0.387. The minimum atomic E-state index is -4.13. The Labute approximate surface area is 197 Å². The van der Waals surface area contributed by atoms with E-state index in [-0.39, 0.29) is 29.2 Å². The number of amides is 2. The van der Waals surface area contributed by atoms with Gasteiger partial charge in [-0.25, -0.2) is 8.42 Å². The van der Waals surface area contributed by atoms with Gasteiger partial charge in [-0.15, -0.1) is 0 Å². The zero-order valence-electron chi connectivity index (χ0n) is 18.6. The molecule has 11 heteroatoms. The lowest BCUT2D eigenvalue weighted by Crippen LogP contribution is -2.44. The van der Waals surface area contributed by atoms with Gasteiger partial charge in [-0.05, 0) is 42.9 Å². The van der Waals surface area contributed by atoms with Crippen LogP contribution in [0.4, 0.5) is 5.69 Å². The average Bonchev–Trinajstić information content (AvgIpc) is 3.55. The molecule has 2 fully saturated rings. The van der Waals surface area contributed by atoms with Crippen molar-refractivity contribution in [3.05, 3.63) is 57.7 Å². The van der Waals surface area contributed by atoms with Crippen LogP contribution < -0.4 is 0 Å². The highest BCUT2D eigenvalue weighted by atomic mass is 32.2. The van der Waals surface area contributed by atoms with Crippen molar-refractivity contribution in [2.24, 2.45) is 11.8 Å². The Morgan fingerprint density at radius 2 is 1.85 bits per heavy atom. The van der Waals surface area contributed by atoms with Gasteiger partial charge in [0.2, 0.25) is 21.8 Å². The zero-order valence-corrected chi connectivity index (χ0v) is 19.4. The maximum atomic E-state index is 13.5. The third-order valence-electron chi connectivity index (χ3n) is 7.34. The van der Waals surface area contributed by atoms with Crippen LogP contribution >= 0.6 is 0 Å². The Hall–Kier alpha value is -2.89. The maximum Gasteiger partial charge on any atom is 0.289 e. The van der Waals surface area contributed by atoms with Crippen molar-refractivity contribution >= 4 is 27.5 Å². The van der Waals surface area contributed by atoms with E-state index in [1.54, 1.807) is 0 Å². The van der Waals surface area contributed by atoms with Crippen LogP contribution in [0.2, 0.25) is 0 Å². The van der Waals surface area contributed by atoms with Crippen LogP contribution in [0.15, 0.2) is 52.5 Å². The predicted octanol–water partition coefficient (Wildman–Crippen LogP) is 2.02. The van der Waals surface area contributed by atoms with Crippen LogP contribution in [0.3, 0.4) is 0 Å². The fraction of sp³-hybridized carbons (Fsp3) is 0.478. The summed E-state index contributed by atoms with van der Waals surface area (Å²) in [6.07, 6.45) is 5.38. The molecular weight excluding hydrogens is 462 g/mol. The van der Waals surface area contributed by atoms with E-state index in [1.165, 1.54) is 40.5 Å². The number of para-hydroxylation sites is 1. The number of fused-ring (bicyclic) bond motifs is 1. The number of carbonyl (C=O) groups is 2. The van der Waals surface area contributed by atoms with E-state index in [0.717, 1.165) is 11.1 Å². The third-order valence-corrected chi connectivity index (χ3v) is 9.31. The van der Waals surface area contributed by atoms with Crippen LogP contribution in [-0.4, -0.2) is 66.7 Å². The molecule has 4 atom stereocenters. The molecule has 0 radical (unpaired) electrons. The van der Waals surface area contributed by atoms with Crippen LogP contribution in [0, 0.1) is 22.0 Å². The summed E-state index contributed by atoms with van der Waals surface area (Å²) in [6, 6.07) is 4.85. The van der Waals surface area contributed by atoms with E-state index in [9.17, 15) is 28.1 Å². The molecule has 10 nitrogen and oxygen atoms in total. The van der Waals surface area contributed by atoms with Crippen molar-refractivity contribution < 1.29 is 27.7 Å². The molecule has 4 aliphatic rings. The number of nitro benzene ring substituents is 1. The molecule has 0 aromatic heterocycles. The average molecular weight is 488 g/mol. The molecule has 1 aliphatic carbocycles. The van der Waals surface area contributed by atoms with Gasteiger partial charge in [-0.2, -0.15) is 4.31 Å². The summed E-state index contributed by atoms with van der Waals surface area (Å²) in [5, 5.41) is 11.5. The maximum absolute atomic E-state index is 13.5. The molecule has 180 valence electrons. The lowest BCUT2D eigenvalue weighted by Gasteiger charge is -2.32. The monoisotopic (exact) mass is 487 g/mol. The highest BCUT2D eigenvalue weighted by Crippen LogP contribution is 2.43. The topological polar surface area (TPSA) is 127 Å². The van der Waals surface area contributed by atoms with Gasteiger partial charge in [0.15, 0.2) is 4.90 Å². The number of benzene rings is 1. The lowest BCUT2D eigenvalue weighted by atomic mass is 9.77. The number of nitro groups is 1. The number of sulfonamides is 1. The first kappa shape index (κ1) is 22.9. The highest BCUT2D eigenvalue weighted by molar-refractivity contribution is 7.89. The van der Waals surface area contributed by atoms with E-state index in [4.69, 9.17) is 4.74 Å². The second-order valence-electron chi connectivity index (χ2n) is 9.08. The van der Waals surface area contributed by atoms with Gasteiger partial charge in [0.25, 0.3) is 5.69 Å². The first-order valence-electron chi connectivity index (χ1n) is 11.3. The summed E-state index contributed by atoms with van der Waals surface area (Å²) in [6.45, 7) is 0.557. The van der Waals surface area contributed by atoms with E-state index in [1.807, 2.05) is 12.2 Å². The van der Waals surface area contributed by atoms with Gasteiger partial charge in [-0.1, -0.05) is 24.3 Å². The molecule has 2 saturated heterocycles. The molecule has 0 saturated carbocycles. The number of imide groups is 1. The number of likely N-dealkylation sites (tertiary alicyclic amines) is 1. The second-order valence-corrected chi connectivity index (χ2v) is 10.9. The number of nitrogens with zero attached hydrogens (tertiary/aromatic N) is 3. The third kappa shape index (κ3) is 3.50. The van der Waals surface area contributed by atoms with E-state index in [0.29, 0.717) is 32.3 Å². The van der Waals surface area contributed by atoms with E-state index in [2.05, 4.69) is 0 Å². The first-order chi connectivity index (χ1) is 16.2. The van der Waals surface area contributed by atoms with Gasteiger partial charge in [-0.3, -0.25) is 24.6 Å². The minimum absolute atomic E-state index is 0.156. The number of ether oxygens (including phenoxy) is 1. The Morgan fingerprint density at radius 1 is 1.12 bits per heavy atom. The Morgan fingerprint density at radius 3 is 2.62 bits per heavy atom. The van der Waals surface area contributed by atoms with Gasteiger partial charge >= 0.3 is 0 Å². The summed E-state index contributed by atoms with van der Waals surface area (Å²) in [7, 11) is -2.63. The summed E-state index contributed by atoms with van der Waals surface area (Å²) in [4.78, 5) is 36.5. The molecule has 2 amide bonds. The van der Waals surface area contributed by atoms with Crippen molar-refractivity contribution in [2.45, 2.75) is 42.7 Å². The van der Waals surface area contributed by atoms with Crippen LogP contribution in [0.1, 0.15) is 25.7 Å². The predicted molar refractivity (Wildman–Crippen MR) is 120 cm³/mol. The number of allylic oxidation sites excluding steroid dienone is 1. The summed E-state index contributed by atoms with van der Waals surface area (Å²) >= 11 is 0. The van der Waals surface area contributed by atoms with Gasteiger partial charge in [0.05, 0.1) is 35.5 Å². The minimum Gasteiger partial charge on any atom is -0.368 e. The fourth-order valence-electron chi connectivity index (χ4n) is 5.67. The van der Waals surface area contributed by atoms with Gasteiger partial charge in [0.1, 0.15) is 0 Å². The largest absolute Gasteiger partial charge is 0.368 e. The molecule has 0 spiro atoms. The quantitative estimate of drug-likeness (QED) is 0.353. The summed E-state index contributed by atoms with van der Waals surface area (Å²) in [5.74, 6) is -1.09. The molecule has 0 bridgehead atoms. The first-order valence-corrected chi connectivity index (χ1v) is 12.7. The molecule has 3 heterocycles. The van der Waals surface area contributed by atoms with Gasteiger partial charge < -0.3 is 4.74 Å². The van der Waals surface area contributed by atoms with Crippen molar-refractivity contribution in [1.29, 1.82) is 0 Å². The zero-order chi connectivity index (χ0) is 24.2. The summed E-state index contributed by atoms with van der Waals surface area (Å²) in [5.41, 5.74) is 1.31. The number of carbonyl (C=O) groups excluding carboxylic acids is 2. The standard InChI is InChI=1S/C23H25N3O7S/c1-24-22(27)16-9-8-14(13-17(16)23(24)28)15-10-12-33-21(15)19-6-4-11-25(19)34(31,32)20-7-3-2-5-18(20)26(29)30/h2-3,5,7-8,10,16-17,19,21H,4,6,9,11-13H2,1H3/t16?,17?,19-,21+/m1/s1. The number of hydrogen-bond acceptors (Lipinski definition) is 7. The Balaban J connectivity index is 1.43. The van der Waals surface area contributed by atoms with Gasteiger partial charge in [0, 0.05) is 19.7 Å². The molecule has 34 heavy (non-hydrogen) atoms. The molecule has 1 aromatic rings. The van der Waals surface area contributed by atoms with Crippen LogP contribution in [0.25, 0.3) is 0 Å².